The molecule has 1 fully saturated rings. The van der Waals surface area contributed by atoms with Gasteiger partial charge in [0.25, 0.3) is 0 Å². The number of ether oxygens (including phenoxy) is 1. The van der Waals surface area contributed by atoms with Crippen LogP contribution in [0.3, 0.4) is 0 Å². The Morgan fingerprint density at radius 3 is 3.07 bits per heavy atom. The fourth-order valence-corrected chi connectivity index (χ4v) is 1.49. The van der Waals surface area contributed by atoms with Gasteiger partial charge in [0.1, 0.15) is 0 Å². The number of carbonyl (C=O) groups excluding carboxylic acids is 1. The number of nitrogens with two attached hydrogens (primary N) is 1. The lowest BCUT2D eigenvalue weighted by atomic mass is 9.85. The van der Waals surface area contributed by atoms with Crippen LogP contribution < -0.4 is 11.1 Å². The highest BCUT2D eigenvalue weighted by Crippen LogP contribution is 2.26. The van der Waals surface area contributed by atoms with Gasteiger partial charge in [-0.3, -0.25) is 4.79 Å². The van der Waals surface area contributed by atoms with Gasteiger partial charge in [-0.2, -0.15) is 5.26 Å². The first kappa shape index (κ1) is 12.0. The fourth-order valence-electron chi connectivity index (χ4n) is 1.49. The molecule has 84 valence electrons. The average molecular weight is 211 g/mol. The Labute approximate surface area is 89.6 Å². The number of nitrogens with zero attached hydrogens (tertiary/aromatic N) is 1. The number of nitriles is 1. The van der Waals surface area contributed by atoms with E-state index in [2.05, 4.69) is 5.32 Å². The number of nitrogens with one attached hydrogen (secondary N) is 1. The van der Waals surface area contributed by atoms with Crippen molar-refractivity contribution in [2.24, 2.45) is 11.1 Å². The van der Waals surface area contributed by atoms with Crippen LogP contribution in [0.2, 0.25) is 0 Å². The Hall–Kier alpha value is -1.12. The van der Waals surface area contributed by atoms with Gasteiger partial charge in [-0.05, 0) is 13.3 Å². The molecule has 0 aliphatic carbocycles. The molecule has 0 radical (unpaired) electrons. The minimum Gasteiger partial charge on any atom is -0.379 e. The Morgan fingerprint density at radius 2 is 2.53 bits per heavy atom. The molecule has 1 aliphatic rings. The van der Waals surface area contributed by atoms with Crippen LogP contribution in [0.25, 0.3) is 0 Å². The quantitative estimate of drug-likeness (QED) is 0.629. The molecule has 2 unspecified atom stereocenters. The minimum atomic E-state index is -0.618. The third-order valence-electron chi connectivity index (χ3n) is 2.79. The SMILES string of the molecule is CC1(C(=O)NCCCC#N)COCC1N. The first-order valence-electron chi connectivity index (χ1n) is 5.10. The van der Waals surface area contributed by atoms with Crippen LogP contribution in [-0.2, 0) is 9.53 Å². The fraction of sp³-hybridized carbons (Fsp3) is 0.800. The van der Waals surface area contributed by atoms with Crippen molar-refractivity contribution in [3.8, 4) is 6.07 Å². The third-order valence-corrected chi connectivity index (χ3v) is 2.79. The topological polar surface area (TPSA) is 88.1 Å². The molecule has 1 heterocycles. The number of rotatable bonds is 4. The van der Waals surface area contributed by atoms with E-state index in [1.807, 2.05) is 13.0 Å². The maximum atomic E-state index is 11.8. The molecule has 1 amide bonds. The van der Waals surface area contributed by atoms with Crippen molar-refractivity contribution in [1.29, 1.82) is 5.26 Å². The molecule has 2 atom stereocenters. The van der Waals surface area contributed by atoms with Crippen molar-refractivity contribution in [3.63, 3.8) is 0 Å². The van der Waals surface area contributed by atoms with Crippen LogP contribution in [0.5, 0.6) is 0 Å². The molecular formula is C10H17N3O2. The summed E-state index contributed by atoms with van der Waals surface area (Å²) in [6.45, 7) is 3.14. The summed E-state index contributed by atoms with van der Waals surface area (Å²) in [5.74, 6) is -0.0783. The molecule has 5 heteroatoms. The molecule has 15 heavy (non-hydrogen) atoms. The molecular weight excluding hydrogens is 194 g/mol. The van der Waals surface area contributed by atoms with Crippen molar-refractivity contribution < 1.29 is 9.53 Å². The number of hydrogen-bond donors (Lipinski definition) is 2. The van der Waals surface area contributed by atoms with Crippen molar-refractivity contribution in [2.45, 2.75) is 25.8 Å². The molecule has 0 aromatic rings. The summed E-state index contributed by atoms with van der Waals surface area (Å²) in [6.07, 6.45) is 1.13. The average Bonchev–Trinajstić information content (AvgIpc) is 2.55. The van der Waals surface area contributed by atoms with Crippen molar-refractivity contribution in [3.05, 3.63) is 0 Å². The summed E-state index contributed by atoms with van der Waals surface area (Å²) >= 11 is 0. The zero-order chi connectivity index (χ0) is 11.3. The van der Waals surface area contributed by atoms with E-state index in [1.165, 1.54) is 0 Å². The molecule has 5 nitrogen and oxygen atoms in total. The Morgan fingerprint density at radius 1 is 1.80 bits per heavy atom. The molecule has 0 aromatic carbocycles. The molecule has 0 aromatic heterocycles. The Kier molecular flexibility index (Phi) is 4.06. The van der Waals surface area contributed by atoms with E-state index in [0.717, 1.165) is 0 Å². The monoisotopic (exact) mass is 211 g/mol. The highest BCUT2D eigenvalue weighted by atomic mass is 16.5. The van der Waals surface area contributed by atoms with Crippen LogP contribution in [-0.4, -0.2) is 31.7 Å². The lowest BCUT2D eigenvalue weighted by molar-refractivity contribution is -0.130. The van der Waals surface area contributed by atoms with Gasteiger partial charge in [-0.1, -0.05) is 0 Å². The largest absolute Gasteiger partial charge is 0.379 e. The first-order chi connectivity index (χ1) is 7.11. The van der Waals surface area contributed by atoms with Crippen LogP contribution in [0, 0.1) is 16.7 Å². The van der Waals surface area contributed by atoms with Gasteiger partial charge in [0.15, 0.2) is 0 Å². The third kappa shape index (κ3) is 2.67. The van der Waals surface area contributed by atoms with Gasteiger partial charge < -0.3 is 15.8 Å². The van der Waals surface area contributed by atoms with Crippen LogP contribution in [0.15, 0.2) is 0 Å². The summed E-state index contributed by atoms with van der Waals surface area (Å²) in [5.41, 5.74) is 5.19. The maximum Gasteiger partial charge on any atom is 0.229 e. The Bertz CT molecular complexity index is 274. The molecule has 0 saturated carbocycles. The van der Waals surface area contributed by atoms with Crippen molar-refractivity contribution in [2.75, 3.05) is 19.8 Å². The van der Waals surface area contributed by atoms with E-state index >= 15 is 0 Å². The number of hydrogen-bond acceptors (Lipinski definition) is 4. The molecule has 1 rings (SSSR count). The summed E-state index contributed by atoms with van der Waals surface area (Å²) in [7, 11) is 0. The lowest BCUT2D eigenvalue weighted by Gasteiger charge is -2.25. The van der Waals surface area contributed by atoms with E-state index in [4.69, 9.17) is 15.7 Å². The normalized spacial score (nSPS) is 29.8. The highest BCUT2D eigenvalue weighted by Gasteiger charge is 2.43. The van der Waals surface area contributed by atoms with Crippen molar-refractivity contribution in [1.82, 2.24) is 5.32 Å². The minimum absolute atomic E-state index is 0.0783. The van der Waals surface area contributed by atoms with E-state index in [9.17, 15) is 4.79 Å². The van der Waals surface area contributed by atoms with E-state index < -0.39 is 5.41 Å². The zero-order valence-corrected chi connectivity index (χ0v) is 8.95. The molecule has 1 saturated heterocycles. The van der Waals surface area contributed by atoms with E-state index in [0.29, 0.717) is 32.6 Å². The van der Waals surface area contributed by atoms with Gasteiger partial charge in [0.2, 0.25) is 5.91 Å². The second kappa shape index (κ2) is 5.10. The summed E-state index contributed by atoms with van der Waals surface area (Å²) in [5, 5.41) is 11.1. The van der Waals surface area contributed by atoms with Crippen LogP contribution in [0.4, 0.5) is 0 Å². The van der Waals surface area contributed by atoms with Crippen LogP contribution >= 0.6 is 0 Å². The number of amides is 1. The van der Waals surface area contributed by atoms with Gasteiger partial charge in [-0.25, -0.2) is 0 Å². The second-order valence-corrected chi connectivity index (χ2v) is 4.06. The van der Waals surface area contributed by atoms with Gasteiger partial charge in [0, 0.05) is 19.0 Å². The van der Waals surface area contributed by atoms with Crippen molar-refractivity contribution >= 4 is 5.91 Å². The standard InChI is InChI=1S/C10H17N3O2/c1-10(7-15-6-8(10)12)9(14)13-5-3-2-4-11/h8H,2-3,5-7,12H2,1H3,(H,13,14). The zero-order valence-electron chi connectivity index (χ0n) is 8.95. The van der Waals surface area contributed by atoms with Gasteiger partial charge in [-0.15, -0.1) is 0 Å². The summed E-state index contributed by atoms with van der Waals surface area (Å²) in [4.78, 5) is 11.8. The van der Waals surface area contributed by atoms with Gasteiger partial charge >= 0.3 is 0 Å². The smallest absolute Gasteiger partial charge is 0.229 e. The Balaban J connectivity index is 2.36. The maximum absolute atomic E-state index is 11.8. The lowest BCUT2D eigenvalue weighted by Crippen LogP contribution is -2.50. The molecule has 1 aliphatic heterocycles. The molecule has 0 bridgehead atoms. The highest BCUT2D eigenvalue weighted by molar-refractivity contribution is 5.83. The van der Waals surface area contributed by atoms with E-state index in [-0.39, 0.29) is 11.9 Å². The first-order valence-corrected chi connectivity index (χ1v) is 5.10. The summed E-state index contributed by atoms with van der Waals surface area (Å²) in [6, 6.07) is 1.79. The van der Waals surface area contributed by atoms with E-state index in [1.54, 1.807) is 0 Å². The summed E-state index contributed by atoms with van der Waals surface area (Å²) < 4.78 is 5.18. The number of carbonyl (C=O) groups is 1. The predicted octanol–water partition coefficient (Wildman–Crippen LogP) is -0.230. The van der Waals surface area contributed by atoms with Crippen LogP contribution in [0.1, 0.15) is 19.8 Å². The molecule has 3 N–H and O–H groups in total. The molecule has 0 spiro atoms. The second-order valence-electron chi connectivity index (χ2n) is 4.06. The number of unbranched alkanes of at least 4 members (excludes halogenated alkanes) is 1. The predicted molar refractivity (Wildman–Crippen MR) is 54.8 cm³/mol. The van der Waals surface area contributed by atoms with Gasteiger partial charge in [0.05, 0.1) is 24.7 Å².